The Morgan fingerprint density at radius 1 is 0.926 bits per heavy atom. The third kappa shape index (κ3) is 2.55. The molecule has 6 heteroatoms. The first-order valence-corrected chi connectivity index (χ1v) is 8.46. The Bertz CT molecular complexity index is 1290. The minimum atomic E-state index is -0.435. The average molecular weight is 351 g/mol. The Labute approximate surface area is 154 Å². The minimum absolute atomic E-state index is 0.397. The monoisotopic (exact) mass is 351 g/mol. The Morgan fingerprint density at radius 3 is 2.59 bits per heavy atom. The number of rotatable bonds is 2. The van der Waals surface area contributed by atoms with Crippen molar-refractivity contribution >= 4 is 33.4 Å². The molecule has 1 amide bonds. The van der Waals surface area contributed by atoms with Crippen molar-refractivity contribution in [2.45, 2.75) is 0 Å². The van der Waals surface area contributed by atoms with E-state index in [1.54, 1.807) is 18.3 Å². The van der Waals surface area contributed by atoms with Gasteiger partial charge < -0.3 is 4.98 Å². The molecule has 1 aliphatic carbocycles. The number of amides is 1. The minimum Gasteiger partial charge on any atom is -0.350 e. The van der Waals surface area contributed by atoms with Crippen molar-refractivity contribution in [1.29, 1.82) is 0 Å². The van der Waals surface area contributed by atoms with Crippen molar-refractivity contribution in [1.82, 2.24) is 15.0 Å². The highest BCUT2D eigenvalue weighted by Crippen LogP contribution is 2.43. The van der Waals surface area contributed by atoms with E-state index >= 15 is 0 Å². The van der Waals surface area contributed by atoms with Gasteiger partial charge in [0.25, 0.3) is 5.91 Å². The van der Waals surface area contributed by atoms with Crippen LogP contribution in [0, 0.1) is 0 Å². The van der Waals surface area contributed by atoms with Crippen LogP contribution in [-0.2, 0) is 0 Å². The zero-order valence-electron chi connectivity index (χ0n) is 14.1. The molecule has 0 bridgehead atoms. The Hall–Kier alpha value is -3.93. The quantitative estimate of drug-likeness (QED) is 0.447. The molecule has 3 aromatic rings. The highest BCUT2D eigenvalue weighted by molar-refractivity contribution is 6.11. The number of hydrogen-bond donors (Lipinski definition) is 1. The van der Waals surface area contributed by atoms with Crippen molar-refractivity contribution in [3.63, 3.8) is 0 Å². The van der Waals surface area contributed by atoms with Crippen LogP contribution in [0.2, 0.25) is 0 Å². The van der Waals surface area contributed by atoms with E-state index in [-0.39, 0.29) is 0 Å². The van der Waals surface area contributed by atoms with Crippen LogP contribution in [-0.4, -0.2) is 20.9 Å². The van der Waals surface area contributed by atoms with E-state index in [0.29, 0.717) is 11.3 Å². The van der Waals surface area contributed by atoms with E-state index < -0.39 is 5.91 Å². The fraction of sp³-hybridized carbons (Fsp3) is 0. The van der Waals surface area contributed by atoms with E-state index in [1.807, 2.05) is 48.5 Å². The molecule has 1 aromatic heterocycles. The lowest BCUT2D eigenvalue weighted by Crippen LogP contribution is -1.93. The lowest BCUT2D eigenvalue weighted by molar-refractivity contribution is 0.0994. The molecule has 2 heterocycles. The maximum atomic E-state index is 12.3. The zero-order chi connectivity index (χ0) is 18.2. The lowest BCUT2D eigenvalue weighted by atomic mass is 10.2. The Balaban J connectivity index is 1.71. The van der Waals surface area contributed by atoms with E-state index in [9.17, 15) is 4.79 Å². The highest BCUT2D eigenvalue weighted by Gasteiger charge is 2.20. The molecule has 0 radical (unpaired) electrons. The lowest BCUT2D eigenvalue weighted by Gasteiger charge is -2.04. The van der Waals surface area contributed by atoms with Crippen molar-refractivity contribution in [3.8, 4) is 11.4 Å². The molecule has 27 heavy (non-hydrogen) atoms. The van der Waals surface area contributed by atoms with Gasteiger partial charge in [0, 0.05) is 23.2 Å². The van der Waals surface area contributed by atoms with E-state index in [0.717, 1.165) is 33.2 Å². The van der Waals surface area contributed by atoms with Crippen LogP contribution < -0.4 is 0 Å². The van der Waals surface area contributed by atoms with Gasteiger partial charge in [0.1, 0.15) is 5.69 Å². The Morgan fingerprint density at radius 2 is 1.74 bits per heavy atom. The maximum Gasteiger partial charge on any atom is 0.296 e. The molecular weight excluding hydrogens is 338 g/mol. The van der Waals surface area contributed by atoms with Crippen LogP contribution in [0.1, 0.15) is 10.4 Å². The number of aromatic nitrogens is 3. The second-order valence-electron chi connectivity index (χ2n) is 6.12. The average Bonchev–Trinajstić information content (AvgIpc) is 3.04. The summed E-state index contributed by atoms with van der Waals surface area (Å²) in [6.45, 7) is 0. The van der Waals surface area contributed by atoms with Gasteiger partial charge in [0.15, 0.2) is 0 Å². The maximum absolute atomic E-state index is 12.3. The number of aromatic amines is 1. The van der Waals surface area contributed by atoms with Crippen LogP contribution in [0.25, 0.3) is 33.2 Å². The number of nitrogens with zero attached hydrogens (tertiary/aromatic N) is 4. The van der Waals surface area contributed by atoms with Crippen LogP contribution in [0.4, 0.5) is 5.69 Å². The first-order chi connectivity index (χ1) is 13.3. The highest BCUT2D eigenvalue weighted by atomic mass is 16.1. The van der Waals surface area contributed by atoms with Gasteiger partial charge in [-0.1, -0.05) is 36.4 Å². The van der Waals surface area contributed by atoms with Gasteiger partial charge in [0.2, 0.25) is 0 Å². The van der Waals surface area contributed by atoms with Crippen LogP contribution >= 0.6 is 0 Å². The summed E-state index contributed by atoms with van der Waals surface area (Å²) in [6.07, 6.45) is 3.08. The number of benzene rings is 2. The summed E-state index contributed by atoms with van der Waals surface area (Å²) in [6, 6.07) is 19.0. The van der Waals surface area contributed by atoms with Crippen molar-refractivity contribution in [3.05, 3.63) is 78.6 Å². The summed E-state index contributed by atoms with van der Waals surface area (Å²) in [4.78, 5) is 24.4. The smallest absolute Gasteiger partial charge is 0.296 e. The number of pyridine rings is 1. The molecule has 0 saturated carbocycles. The number of hydrogen-bond acceptors (Lipinski definition) is 4. The summed E-state index contributed by atoms with van der Waals surface area (Å²) in [5, 5.41) is 10.1. The molecule has 0 fully saturated rings. The first kappa shape index (κ1) is 15.3. The van der Waals surface area contributed by atoms with Gasteiger partial charge in [-0.25, -0.2) is 4.98 Å². The summed E-state index contributed by atoms with van der Waals surface area (Å²) in [7, 11) is 0. The number of para-hydroxylation sites is 2. The van der Waals surface area contributed by atoms with E-state index in [4.69, 9.17) is 4.98 Å². The summed E-state index contributed by atoms with van der Waals surface area (Å²) in [5.74, 6) is -0.435. The van der Waals surface area contributed by atoms with Crippen LogP contribution in [0.5, 0.6) is 0 Å². The van der Waals surface area contributed by atoms with Gasteiger partial charge in [-0.3, -0.25) is 9.78 Å². The SMILES string of the molecule is O=C(N=Nc1c2[nH]c3ccccc3nc-2c2ccccc12)c1cccnc1. The molecule has 2 aliphatic rings. The molecule has 2 aromatic carbocycles. The number of azo groups is 1. The molecule has 0 spiro atoms. The van der Waals surface area contributed by atoms with Crippen molar-refractivity contribution in [2.75, 3.05) is 0 Å². The molecule has 1 N–H and O–H groups in total. The summed E-state index contributed by atoms with van der Waals surface area (Å²) < 4.78 is 0. The number of H-pyrrole nitrogens is 1. The van der Waals surface area contributed by atoms with Gasteiger partial charge in [-0.15, -0.1) is 10.2 Å². The topological polar surface area (TPSA) is 83.4 Å². The second kappa shape index (κ2) is 6.10. The van der Waals surface area contributed by atoms with Gasteiger partial charge in [-0.05, 0) is 24.3 Å². The van der Waals surface area contributed by atoms with E-state index in [2.05, 4.69) is 20.2 Å². The van der Waals surface area contributed by atoms with Crippen molar-refractivity contribution in [2.24, 2.45) is 10.2 Å². The predicted octanol–water partition coefficient (Wildman–Crippen LogP) is 5.14. The molecule has 128 valence electrons. The first-order valence-electron chi connectivity index (χ1n) is 8.46. The third-order valence-corrected chi connectivity index (χ3v) is 4.46. The number of carbonyl (C=O) groups excluding carboxylic acids is 1. The second-order valence-corrected chi connectivity index (χ2v) is 6.12. The molecule has 0 unspecified atom stereocenters. The van der Waals surface area contributed by atoms with Crippen molar-refractivity contribution < 1.29 is 4.79 Å². The van der Waals surface area contributed by atoms with E-state index in [1.165, 1.54) is 6.20 Å². The van der Waals surface area contributed by atoms with Gasteiger partial charge in [0.05, 0.1) is 28.0 Å². The fourth-order valence-corrected chi connectivity index (χ4v) is 3.19. The number of fused-ring (bicyclic) bond motifs is 4. The van der Waals surface area contributed by atoms with Gasteiger partial charge in [-0.2, -0.15) is 0 Å². The number of nitrogens with one attached hydrogen (secondary N) is 1. The zero-order valence-corrected chi connectivity index (χ0v) is 14.1. The molecule has 0 saturated heterocycles. The molecule has 1 aliphatic heterocycles. The molecule has 5 rings (SSSR count). The summed E-state index contributed by atoms with van der Waals surface area (Å²) in [5.41, 5.74) is 4.35. The number of carbonyl (C=O) groups is 1. The largest absolute Gasteiger partial charge is 0.350 e. The molecular formula is C21H13N5O. The third-order valence-electron chi connectivity index (χ3n) is 4.46. The summed E-state index contributed by atoms with van der Waals surface area (Å²) >= 11 is 0. The molecule has 0 atom stereocenters. The molecule has 6 nitrogen and oxygen atoms in total. The van der Waals surface area contributed by atoms with Crippen LogP contribution in [0.15, 0.2) is 83.3 Å². The van der Waals surface area contributed by atoms with Gasteiger partial charge >= 0.3 is 0 Å². The normalized spacial score (nSPS) is 11.7. The fourth-order valence-electron chi connectivity index (χ4n) is 3.19. The predicted molar refractivity (Wildman–Crippen MR) is 103 cm³/mol. The standard InChI is InChI=1S/C21H13N5O/c27-21(13-6-5-11-22-12-13)26-25-19-15-8-2-1-7-14(15)18-20(19)24-17-10-4-3-9-16(17)23-18/h1-12,24H. The Kier molecular flexibility index (Phi) is 3.47. The van der Waals surface area contributed by atoms with Crippen LogP contribution in [0.3, 0.4) is 0 Å².